The third-order valence-electron chi connectivity index (χ3n) is 5.04. The van der Waals surface area contributed by atoms with Gasteiger partial charge in [0.15, 0.2) is 23.2 Å². The number of ether oxygens (including phenoxy) is 1. The molecule has 0 aliphatic heterocycles. The van der Waals surface area contributed by atoms with Gasteiger partial charge in [0.2, 0.25) is 0 Å². The second-order valence-electron chi connectivity index (χ2n) is 7.37. The van der Waals surface area contributed by atoms with E-state index in [0.29, 0.717) is 36.6 Å². The van der Waals surface area contributed by atoms with Crippen LogP contribution in [0.2, 0.25) is 0 Å². The lowest BCUT2D eigenvalue weighted by Crippen LogP contribution is -2.01. The van der Waals surface area contributed by atoms with Gasteiger partial charge >= 0.3 is 0 Å². The molecule has 0 N–H and O–H groups in total. The zero-order chi connectivity index (χ0) is 24.2. The maximum atomic E-state index is 14.5. The summed E-state index contributed by atoms with van der Waals surface area (Å²) in [5.41, 5.74) is 0.239. The van der Waals surface area contributed by atoms with Crippen molar-refractivity contribution in [2.75, 3.05) is 6.61 Å². The van der Waals surface area contributed by atoms with Gasteiger partial charge in [0.05, 0.1) is 24.6 Å². The van der Waals surface area contributed by atoms with E-state index in [4.69, 9.17) is 4.74 Å². The summed E-state index contributed by atoms with van der Waals surface area (Å²) in [4.78, 5) is 8.32. The van der Waals surface area contributed by atoms with Gasteiger partial charge in [-0.2, -0.15) is 0 Å². The Kier molecular flexibility index (Phi) is 6.73. The van der Waals surface area contributed by atoms with Crippen LogP contribution in [0.25, 0.3) is 10.8 Å². The summed E-state index contributed by atoms with van der Waals surface area (Å²) < 4.78 is 75.1. The van der Waals surface area contributed by atoms with E-state index in [1.807, 2.05) is 6.92 Å². The van der Waals surface area contributed by atoms with Crippen LogP contribution in [0.1, 0.15) is 29.4 Å². The van der Waals surface area contributed by atoms with Crippen molar-refractivity contribution in [3.63, 3.8) is 0 Å². The normalized spacial score (nSPS) is 10.8. The van der Waals surface area contributed by atoms with Crippen molar-refractivity contribution in [2.24, 2.45) is 0 Å². The third kappa shape index (κ3) is 4.99. The summed E-state index contributed by atoms with van der Waals surface area (Å²) in [7, 11) is 0. The lowest BCUT2D eigenvalue weighted by atomic mass is 10.0. The van der Waals surface area contributed by atoms with Crippen LogP contribution in [0.3, 0.4) is 0 Å². The molecule has 0 saturated heterocycles. The smallest absolute Gasteiger partial charge is 0.195 e. The SMILES string of the molecule is CCOc1cnc(CCc2cc(F)c(C#Cc3ccc4c(F)c(F)c(F)cc4c3)c(F)c2)nc1. The van der Waals surface area contributed by atoms with Gasteiger partial charge in [0.25, 0.3) is 0 Å². The molecule has 0 radical (unpaired) electrons. The van der Waals surface area contributed by atoms with Crippen molar-refractivity contribution < 1.29 is 26.7 Å². The van der Waals surface area contributed by atoms with E-state index < -0.39 is 34.6 Å². The molecule has 3 nitrogen and oxygen atoms in total. The molecular weight excluding hydrogens is 451 g/mol. The number of hydrogen-bond donors (Lipinski definition) is 0. The van der Waals surface area contributed by atoms with Crippen molar-refractivity contribution in [3.8, 4) is 17.6 Å². The molecule has 0 amide bonds. The molecule has 4 aromatic rings. The zero-order valence-corrected chi connectivity index (χ0v) is 17.9. The Morgan fingerprint density at radius 1 is 0.794 bits per heavy atom. The molecule has 0 aliphatic carbocycles. The van der Waals surface area contributed by atoms with E-state index in [1.165, 1.54) is 42.7 Å². The number of rotatable bonds is 5. The molecule has 34 heavy (non-hydrogen) atoms. The Morgan fingerprint density at radius 3 is 2.18 bits per heavy atom. The predicted molar refractivity (Wildman–Crippen MR) is 117 cm³/mol. The van der Waals surface area contributed by atoms with Crippen LogP contribution in [0.4, 0.5) is 22.0 Å². The summed E-state index contributed by atoms with van der Waals surface area (Å²) >= 11 is 0. The van der Waals surface area contributed by atoms with E-state index in [1.54, 1.807) is 0 Å². The van der Waals surface area contributed by atoms with E-state index in [9.17, 15) is 22.0 Å². The van der Waals surface area contributed by atoms with Crippen molar-refractivity contribution in [1.29, 1.82) is 0 Å². The fourth-order valence-corrected chi connectivity index (χ4v) is 3.38. The lowest BCUT2D eigenvalue weighted by molar-refractivity contribution is 0.337. The Hall–Kier alpha value is -3.99. The van der Waals surface area contributed by atoms with Gasteiger partial charge in [-0.3, -0.25) is 0 Å². The van der Waals surface area contributed by atoms with Crippen molar-refractivity contribution in [1.82, 2.24) is 9.97 Å². The zero-order valence-electron chi connectivity index (χ0n) is 17.9. The summed E-state index contributed by atoms with van der Waals surface area (Å²) in [5, 5.41) is -0.0429. The average Bonchev–Trinajstić information content (AvgIpc) is 2.82. The minimum Gasteiger partial charge on any atom is -0.491 e. The van der Waals surface area contributed by atoms with Crippen molar-refractivity contribution in [3.05, 3.63) is 100 Å². The van der Waals surface area contributed by atoms with Gasteiger partial charge in [-0.25, -0.2) is 31.9 Å². The monoisotopic (exact) mass is 468 g/mol. The van der Waals surface area contributed by atoms with Crippen molar-refractivity contribution >= 4 is 10.8 Å². The van der Waals surface area contributed by atoms with Crippen LogP contribution in [0.15, 0.2) is 48.8 Å². The minimum atomic E-state index is -1.57. The Bertz CT molecular complexity index is 1400. The first-order valence-corrected chi connectivity index (χ1v) is 10.4. The largest absolute Gasteiger partial charge is 0.491 e. The fourth-order valence-electron chi connectivity index (χ4n) is 3.38. The summed E-state index contributed by atoms with van der Waals surface area (Å²) in [6, 6.07) is 7.12. The van der Waals surface area contributed by atoms with E-state index >= 15 is 0 Å². The summed E-state index contributed by atoms with van der Waals surface area (Å²) in [5.74, 6) is 0.172. The highest BCUT2D eigenvalue weighted by Gasteiger charge is 2.14. The average molecular weight is 468 g/mol. The number of nitrogens with zero attached hydrogens (tertiary/aromatic N) is 2. The molecule has 0 bridgehead atoms. The summed E-state index contributed by atoms with van der Waals surface area (Å²) in [6.45, 7) is 2.34. The highest BCUT2D eigenvalue weighted by Crippen LogP contribution is 2.24. The molecule has 0 unspecified atom stereocenters. The van der Waals surface area contributed by atoms with Gasteiger partial charge < -0.3 is 4.74 Å². The number of hydrogen-bond acceptors (Lipinski definition) is 3. The van der Waals surface area contributed by atoms with Gasteiger partial charge in [0.1, 0.15) is 17.5 Å². The molecule has 3 aromatic carbocycles. The summed E-state index contributed by atoms with van der Waals surface area (Å²) in [6.07, 6.45) is 3.77. The molecule has 0 spiro atoms. The molecule has 1 aromatic heterocycles. The topological polar surface area (TPSA) is 35.0 Å². The van der Waals surface area contributed by atoms with Gasteiger partial charge in [0, 0.05) is 17.4 Å². The quantitative estimate of drug-likeness (QED) is 0.208. The maximum Gasteiger partial charge on any atom is 0.195 e. The highest BCUT2D eigenvalue weighted by atomic mass is 19.2. The highest BCUT2D eigenvalue weighted by molar-refractivity contribution is 5.84. The molecule has 4 rings (SSSR count). The second-order valence-corrected chi connectivity index (χ2v) is 7.37. The molecule has 0 atom stereocenters. The molecular formula is C26H17F5N2O. The molecule has 0 aliphatic rings. The molecule has 0 saturated carbocycles. The fraction of sp³-hybridized carbons (Fsp3) is 0.154. The number of benzene rings is 3. The van der Waals surface area contributed by atoms with E-state index in [2.05, 4.69) is 21.8 Å². The number of aryl methyl sites for hydroxylation is 2. The van der Waals surface area contributed by atoms with Crippen LogP contribution < -0.4 is 4.74 Å². The first-order valence-electron chi connectivity index (χ1n) is 10.4. The number of aromatic nitrogens is 2. The number of fused-ring (bicyclic) bond motifs is 1. The van der Waals surface area contributed by atoms with Crippen LogP contribution >= 0.6 is 0 Å². The van der Waals surface area contributed by atoms with Gasteiger partial charge in [-0.05, 0) is 54.6 Å². The Labute approximate surface area is 192 Å². The van der Waals surface area contributed by atoms with Crippen LogP contribution in [0.5, 0.6) is 5.75 Å². The van der Waals surface area contributed by atoms with E-state index in [-0.39, 0.29) is 16.3 Å². The third-order valence-corrected chi connectivity index (χ3v) is 5.04. The van der Waals surface area contributed by atoms with Gasteiger partial charge in [-0.1, -0.05) is 17.9 Å². The number of halogens is 5. The first-order chi connectivity index (χ1) is 16.4. The van der Waals surface area contributed by atoms with Crippen LogP contribution in [-0.2, 0) is 12.8 Å². The Balaban J connectivity index is 1.52. The molecule has 172 valence electrons. The standard InChI is InChI=1S/C26H17F5N2O/c1-2-34-18-13-32-24(33-14-18)8-5-16-10-21(27)20(22(28)11-16)7-4-15-3-6-19-17(9-15)12-23(29)26(31)25(19)30/h3,6,9-14H,2,5,8H2,1H3. The van der Waals surface area contributed by atoms with Crippen LogP contribution in [-0.4, -0.2) is 16.6 Å². The predicted octanol–water partition coefficient (Wildman–Crippen LogP) is 5.91. The van der Waals surface area contributed by atoms with E-state index in [0.717, 1.165) is 6.07 Å². The van der Waals surface area contributed by atoms with Crippen LogP contribution in [0, 0.1) is 40.9 Å². The van der Waals surface area contributed by atoms with Gasteiger partial charge in [-0.15, -0.1) is 0 Å². The maximum absolute atomic E-state index is 14.5. The first kappa shape index (κ1) is 23.2. The molecule has 8 heteroatoms. The second kappa shape index (κ2) is 9.87. The Morgan fingerprint density at radius 2 is 1.50 bits per heavy atom. The minimum absolute atomic E-state index is 0.0796. The molecule has 0 fully saturated rings. The lowest BCUT2D eigenvalue weighted by Gasteiger charge is -2.06. The van der Waals surface area contributed by atoms with Crippen molar-refractivity contribution in [2.45, 2.75) is 19.8 Å². The molecule has 1 heterocycles.